The molecule has 0 spiro atoms. The van der Waals surface area contributed by atoms with Gasteiger partial charge in [0.1, 0.15) is 5.82 Å². The Hall–Kier alpha value is -3.11. The topological polar surface area (TPSA) is 20.3 Å². The molecule has 0 aliphatic carbocycles. The lowest BCUT2D eigenvalue weighted by Crippen LogP contribution is -2.36. The SMILES string of the molecule is CSc1ccc(C2CC(=O)N(Cc3ccc(F)cc3)c3ccc4ccccc4c32)cc1. The molecule has 1 aliphatic rings. The van der Waals surface area contributed by atoms with Crippen LogP contribution in [0.5, 0.6) is 0 Å². The molecule has 31 heavy (non-hydrogen) atoms. The second-order valence-electron chi connectivity index (χ2n) is 7.86. The molecule has 1 atom stereocenters. The van der Waals surface area contributed by atoms with E-state index in [0.29, 0.717) is 13.0 Å². The predicted molar refractivity (Wildman–Crippen MR) is 126 cm³/mol. The number of nitrogens with zero attached hydrogens (tertiary/aromatic N) is 1. The zero-order chi connectivity index (χ0) is 21.4. The van der Waals surface area contributed by atoms with Crippen molar-refractivity contribution in [3.05, 3.63) is 107 Å². The van der Waals surface area contributed by atoms with Crippen LogP contribution in [0.2, 0.25) is 0 Å². The standard InChI is InChI=1S/C27H22FNOS/c1-31-22-13-8-20(9-14-22)24-16-26(30)29(17-18-6-11-21(28)12-7-18)25-15-10-19-4-2-3-5-23(19)27(24)25/h2-15,24H,16-17H2,1H3. The molecule has 5 rings (SSSR count). The molecular formula is C27H22FNOS. The van der Waals surface area contributed by atoms with Gasteiger partial charge >= 0.3 is 0 Å². The van der Waals surface area contributed by atoms with Crippen molar-refractivity contribution in [3.8, 4) is 0 Å². The second kappa shape index (κ2) is 8.20. The molecule has 0 saturated heterocycles. The molecule has 0 N–H and O–H groups in total. The number of amides is 1. The van der Waals surface area contributed by atoms with Gasteiger partial charge in [0, 0.05) is 22.9 Å². The minimum absolute atomic E-state index is 0.00831. The van der Waals surface area contributed by atoms with Crippen LogP contribution in [0.25, 0.3) is 10.8 Å². The fraction of sp³-hybridized carbons (Fsp3) is 0.148. The first-order valence-corrected chi connectivity index (χ1v) is 11.6. The van der Waals surface area contributed by atoms with Crippen molar-refractivity contribution in [1.29, 1.82) is 0 Å². The predicted octanol–water partition coefficient (Wildman–Crippen LogP) is 6.77. The largest absolute Gasteiger partial charge is 0.308 e. The smallest absolute Gasteiger partial charge is 0.228 e. The van der Waals surface area contributed by atoms with Crippen LogP contribution in [-0.2, 0) is 11.3 Å². The summed E-state index contributed by atoms with van der Waals surface area (Å²) in [5.41, 5.74) is 4.21. The molecule has 0 bridgehead atoms. The summed E-state index contributed by atoms with van der Waals surface area (Å²) in [4.78, 5) is 16.4. The van der Waals surface area contributed by atoms with E-state index in [0.717, 1.165) is 16.8 Å². The van der Waals surface area contributed by atoms with Crippen LogP contribution in [0, 0.1) is 5.82 Å². The molecule has 1 heterocycles. The molecule has 0 saturated carbocycles. The molecule has 0 aromatic heterocycles. The van der Waals surface area contributed by atoms with Gasteiger partial charge in [-0.25, -0.2) is 4.39 Å². The van der Waals surface area contributed by atoms with Crippen molar-refractivity contribution >= 4 is 34.1 Å². The van der Waals surface area contributed by atoms with Crippen LogP contribution < -0.4 is 4.90 Å². The number of fused-ring (bicyclic) bond motifs is 3. The van der Waals surface area contributed by atoms with E-state index >= 15 is 0 Å². The van der Waals surface area contributed by atoms with E-state index in [1.165, 1.54) is 33.4 Å². The van der Waals surface area contributed by atoms with Crippen molar-refractivity contribution in [2.45, 2.75) is 23.8 Å². The first kappa shape index (κ1) is 19.8. The Balaban J connectivity index is 1.64. The normalized spacial score (nSPS) is 15.9. The first-order chi connectivity index (χ1) is 15.1. The van der Waals surface area contributed by atoms with Gasteiger partial charge in [-0.2, -0.15) is 0 Å². The van der Waals surface area contributed by atoms with E-state index in [2.05, 4.69) is 60.9 Å². The molecule has 4 aromatic carbocycles. The summed E-state index contributed by atoms with van der Waals surface area (Å²) in [6, 6.07) is 27.4. The second-order valence-corrected chi connectivity index (χ2v) is 8.74. The summed E-state index contributed by atoms with van der Waals surface area (Å²) in [7, 11) is 0. The zero-order valence-electron chi connectivity index (χ0n) is 17.2. The van der Waals surface area contributed by atoms with Gasteiger partial charge < -0.3 is 4.90 Å². The summed E-state index contributed by atoms with van der Waals surface area (Å²) in [6.45, 7) is 0.433. The van der Waals surface area contributed by atoms with E-state index in [-0.39, 0.29) is 17.6 Å². The Bertz CT molecular complexity index is 1250. The number of carbonyl (C=O) groups is 1. The molecule has 0 radical (unpaired) electrons. The van der Waals surface area contributed by atoms with Gasteiger partial charge in [0.05, 0.1) is 6.54 Å². The third-order valence-corrected chi connectivity index (χ3v) is 6.78. The summed E-state index contributed by atoms with van der Waals surface area (Å²) in [5, 5.41) is 2.35. The van der Waals surface area contributed by atoms with Gasteiger partial charge in [0.25, 0.3) is 0 Å². The van der Waals surface area contributed by atoms with Crippen molar-refractivity contribution in [2.75, 3.05) is 11.2 Å². The molecule has 154 valence electrons. The van der Waals surface area contributed by atoms with Crippen LogP contribution in [0.4, 0.5) is 10.1 Å². The van der Waals surface area contributed by atoms with Crippen LogP contribution in [0.15, 0.2) is 89.8 Å². The van der Waals surface area contributed by atoms with E-state index in [9.17, 15) is 9.18 Å². The van der Waals surface area contributed by atoms with Crippen LogP contribution >= 0.6 is 11.8 Å². The van der Waals surface area contributed by atoms with Crippen LogP contribution in [0.1, 0.15) is 29.0 Å². The highest BCUT2D eigenvalue weighted by Crippen LogP contribution is 2.44. The first-order valence-electron chi connectivity index (χ1n) is 10.3. The van der Waals surface area contributed by atoms with E-state index in [1.807, 2.05) is 11.0 Å². The van der Waals surface area contributed by atoms with Crippen molar-refractivity contribution in [1.82, 2.24) is 0 Å². The third-order valence-electron chi connectivity index (χ3n) is 6.04. The van der Waals surface area contributed by atoms with Gasteiger partial charge in [-0.3, -0.25) is 4.79 Å². The summed E-state index contributed by atoms with van der Waals surface area (Å²) < 4.78 is 13.4. The van der Waals surface area contributed by atoms with E-state index < -0.39 is 0 Å². The molecule has 2 nitrogen and oxygen atoms in total. The number of hydrogen-bond donors (Lipinski definition) is 0. The highest BCUT2D eigenvalue weighted by molar-refractivity contribution is 7.98. The summed E-state index contributed by atoms with van der Waals surface area (Å²) >= 11 is 1.71. The summed E-state index contributed by atoms with van der Waals surface area (Å²) in [6.07, 6.45) is 2.48. The van der Waals surface area contributed by atoms with Crippen molar-refractivity contribution in [2.24, 2.45) is 0 Å². The molecule has 1 unspecified atom stereocenters. The number of thioether (sulfide) groups is 1. The molecule has 4 heteroatoms. The maximum Gasteiger partial charge on any atom is 0.228 e. The summed E-state index contributed by atoms with van der Waals surface area (Å²) in [5.74, 6) is -0.172. The quantitative estimate of drug-likeness (QED) is 0.335. The number of halogens is 1. The monoisotopic (exact) mass is 427 g/mol. The minimum Gasteiger partial charge on any atom is -0.308 e. The van der Waals surface area contributed by atoms with Crippen LogP contribution in [-0.4, -0.2) is 12.2 Å². The van der Waals surface area contributed by atoms with Crippen molar-refractivity contribution < 1.29 is 9.18 Å². The number of anilines is 1. The van der Waals surface area contributed by atoms with E-state index in [1.54, 1.807) is 23.9 Å². The Morgan fingerprint density at radius 1 is 0.935 bits per heavy atom. The van der Waals surface area contributed by atoms with Crippen LogP contribution in [0.3, 0.4) is 0 Å². The number of hydrogen-bond acceptors (Lipinski definition) is 2. The molecule has 0 fully saturated rings. The number of rotatable bonds is 4. The van der Waals surface area contributed by atoms with Gasteiger partial charge in [0.2, 0.25) is 5.91 Å². The maximum atomic E-state index is 13.4. The molecule has 4 aromatic rings. The lowest BCUT2D eigenvalue weighted by Gasteiger charge is -2.35. The lowest BCUT2D eigenvalue weighted by molar-refractivity contribution is -0.119. The average Bonchev–Trinajstić information content (AvgIpc) is 2.81. The Kier molecular flexibility index (Phi) is 5.24. The average molecular weight is 428 g/mol. The Labute approximate surface area is 185 Å². The fourth-order valence-electron chi connectivity index (χ4n) is 4.47. The molecule has 1 amide bonds. The highest BCUT2D eigenvalue weighted by atomic mass is 32.2. The van der Waals surface area contributed by atoms with Gasteiger partial charge in [-0.05, 0) is 64.1 Å². The Morgan fingerprint density at radius 2 is 1.68 bits per heavy atom. The van der Waals surface area contributed by atoms with Gasteiger partial charge in [0.15, 0.2) is 0 Å². The maximum absolute atomic E-state index is 13.4. The zero-order valence-corrected chi connectivity index (χ0v) is 18.0. The molecular weight excluding hydrogens is 405 g/mol. The Morgan fingerprint density at radius 3 is 2.42 bits per heavy atom. The number of carbonyl (C=O) groups excluding carboxylic acids is 1. The molecule has 1 aliphatic heterocycles. The minimum atomic E-state index is -0.270. The van der Waals surface area contributed by atoms with E-state index in [4.69, 9.17) is 0 Å². The number of benzene rings is 4. The van der Waals surface area contributed by atoms with Crippen molar-refractivity contribution in [3.63, 3.8) is 0 Å². The van der Waals surface area contributed by atoms with Gasteiger partial charge in [-0.1, -0.05) is 54.6 Å². The fourth-order valence-corrected chi connectivity index (χ4v) is 4.88. The third kappa shape index (κ3) is 3.72. The lowest BCUT2D eigenvalue weighted by atomic mass is 9.81. The highest BCUT2D eigenvalue weighted by Gasteiger charge is 2.33. The van der Waals surface area contributed by atoms with Gasteiger partial charge in [-0.15, -0.1) is 11.8 Å².